The topological polar surface area (TPSA) is 6.48 Å². The zero-order valence-electron chi connectivity index (χ0n) is 39.1. The first-order chi connectivity index (χ1) is 33.6. The number of halogens is 2. The number of aryl methyl sites for hydroxylation is 4. The van der Waals surface area contributed by atoms with Gasteiger partial charge in [-0.15, -0.1) is 0 Å². The van der Waals surface area contributed by atoms with E-state index in [0.717, 1.165) is 34.1 Å². The average Bonchev–Trinajstić information content (AvgIpc) is 3.66. The van der Waals surface area contributed by atoms with E-state index in [9.17, 15) is 0 Å². The van der Waals surface area contributed by atoms with Gasteiger partial charge in [-0.2, -0.15) is 0 Å². The van der Waals surface area contributed by atoms with E-state index in [0.29, 0.717) is 0 Å². The van der Waals surface area contributed by atoms with E-state index >= 15 is 0 Å². The van der Waals surface area contributed by atoms with Crippen molar-refractivity contribution in [3.8, 4) is 33.4 Å². The van der Waals surface area contributed by atoms with E-state index in [4.69, 9.17) is 0 Å². The van der Waals surface area contributed by atoms with E-state index in [-0.39, 0.29) is 0 Å². The molecule has 0 saturated carbocycles. The fraction of sp³-hybridized carbons (Fsp3) is 0.0769. The molecule has 10 aromatic carbocycles. The maximum atomic E-state index is 2.49. The highest BCUT2D eigenvalue weighted by Crippen LogP contribution is 2.57. The Morgan fingerprint density at radius 1 is 0.275 bits per heavy atom. The predicted octanol–water partition coefficient (Wildman–Crippen LogP) is 18.8. The first kappa shape index (κ1) is 44.7. The SMILES string of the molecule is Cc1ccc(N(c2ccc(C)cc2)c2ccc(-c3ccc(C4(c5ccc(-c6ccc(N(c7ccc(C)cc7)c7ccc(C)cc7)cc6)cc5)c5cc(I)ccc5-c5ccc(I)cc54)cc3)cc2)cc1. The second-order valence-corrected chi connectivity index (χ2v) is 20.9. The molecular weight excluding hydrogens is 1060 g/mol. The lowest BCUT2D eigenvalue weighted by Gasteiger charge is -2.34. The largest absolute Gasteiger partial charge is 0.311 e. The van der Waals surface area contributed by atoms with Gasteiger partial charge in [-0.25, -0.2) is 0 Å². The van der Waals surface area contributed by atoms with Gasteiger partial charge in [0.1, 0.15) is 0 Å². The van der Waals surface area contributed by atoms with Gasteiger partial charge >= 0.3 is 0 Å². The molecule has 69 heavy (non-hydrogen) atoms. The Morgan fingerprint density at radius 3 is 0.768 bits per heavy atom. The third kappa shape index (κ3) is 8.48. The van der Waals surface area contributed by atoms with Gasteiger partial charge in [0, 0.05) is 41.3 Å². The first-order valence-electron chi connectivity index (χ1n) is 23.5. The van der Waals surface area contributed by atoms with E-state index in [1.165, 1.54) is 85.0 Å². The molecule has 0 saturated heterocycles. The normalized spacial score (nSPS) is 12.3. The summed E-state index contributed by atoms with van der Waals surface area (Å²) < 4.78 is 2.45. The fourth-order valence-corrected chi connectivity index (χ4v) is 11.1. The van der Waals surface area contributed by atoms with Crippen LogP contribution >= 0.6 is 45.2 Å². The first-order valence-corrected chi connectivity index (χ1v) is 25.7. The van der Waals surface area contributed by atoms with E-state index in [1.807, 2.05) is 0 Å². The van der Waals surface area contributed by atoms with Crippen LogP contribution in [0.1, 0.15) is 44.5 Å². The van der Waals surface area contributed by atoms with E-state index in [1.54, 1.807) is 0 Å². The lowest BCUT2D eigenvalue weighted by atomic mass is 9.67. The summed E-state index contributed by atoms with van der Waals surface area (Å²) in [4.78, 5) is 4.67. The lowest BCUT2D eigenvalue weighted by molar-refractivity contribution is 0.767. The highest BCUT2D eigenvalue weighted by Gasteiger charge is 2.46. The van der Waals surface area contributed by atoms with Gasteiger partial charge in [0.15, 0.2) is 0 Å². The maximum absolute atomic E-state index is 2.49. The molecule has 0 aliphatic heterocycles. The lowest BCUT2D eigenvalue weighted by Crippen LogP contribution is -2.28. The summed E-state index contributed by atoms with van der Waals surface area (Å²) in [6.45, 7) is 8.55. The van der Waals surface area contributed by atoms with Crippen molar-refractivity contribution in [3.63, 3.8) is 0 Å². The molecule has 0 amide bonds. The number of nitrogens with zero attached hydrogens (tertiary/aromatic N) is 2. The van der Waals surface area contributed by atoms with E-state index < -0.39 is 5.41 Å². The van der Waals surface area contributed by atoms with Crippen molar-refractivity contribution in [1.82, 2.24) is 0 Å². The molecule has 11 rings (SSSR count). The quantitative estimate of drug-likeness (QED) is 0.126. The molecule has 1 aliphatic rings. The van der Waals surface area contributed by atoms with Crippen molar-refractivity contribution in [3.05, 3.63) is 282 Å². The minimum absolute atomic E-state index is 0.525. The predicted molar refractivity (Wildman–Crippen MR) is 308 cm³/mol. The van der Waals surface area contributed by atoms with Gasteiger partial charge in [0.2, 0.25) is 0 Å². The van der Waals surface area contributed by atoms with Crippen LogP contribution in [0.5, 0.6) is 0 Å². The van der Waals surface area contributed by atoms with Crippen LogP contribution < -0.4 is 9.80 Å². The number of benzene rings is 10. The molecule has 0 fully saturated rings. The molecule has 0 aromatic heterocycles. The Labute approximate surface area is 434 Å². The van der Waals surface area contributed by atoms with E-state index in [2.05, 4.69) is 313 Å². The number of hydrogen-bond donors (Lipinski definition) is 0. The molecule has 2 nitrogen and oxygen atoms in total. The van der Waals surface area contributed by atoms with Crippen LogP contribution in [-0.2, 0) is 5.41 Å². The molecule has 0 atom stereocenters. The standard InChI is InChI=1S/C65H50I2N2/c1-43-5-27-55(28-6-43)68(56-29-7-44(2)8-30-56)59-35-17-49(18-36-59)47-13-21-51(22-14-47)65(63-41-53(66)25-39-61(63)62-40-26-54(67)42-64(62)65)52-23-15-48(16-24-52)50-19-37-60(38-20-50)69(57-31-9-45(3)10-32-57)58-33-11-46(4)12-34-58/h5-42H,1-4H3. The Bertz CT molecular complexity index is 3110. The monoisotopic (exact) mass is 1110 g/mol. The Balaban J connectivity index is 0.962. The summed E-state index contributed by atoms with van der Waals surface area (Å²) in [7, 11) is 0. The van der Waals surface area contributed by atoms with Gasteiger partial charge in [-0.1, -0.05) is 156 Å². The van der Waals surface area contributed by atoms with Crippen LogP contribution in [0.3, 0.4) is 0 Å². The van der Waals surface area contributed by atoms with Gasteiger partial charge in [0.25, 0.3) is 0 Å². The van der Waals surface area contributed by atoms with Crippen molar-refractivity contribution in [2.24, 2.45) is 0 Å². The molecule has 0 spiro atoms. The smallest absolute Gasteiger partial charge is 0.0714 e. The number of anilines is 6. The summed E-state index contributed by atoms with van der Waals surface area (Å²) in [6.07, 6.45) is 0. The molecule has 0 bridgehead atoms. The van der Waals surface area contributed by atoms with Crippen LogP contribution in [0.15, 0.2) is 231 Å². The van der Waals surface area contributed by atoms with Gasteiger partial charge in [0.05, 0.1) is 5.41 Å². The zero-order valence-corrected chi connectivity index (χ0v) is 43.4. The summed E-state index contributed by atoms with van der Waals surface area (Å²) >= 11 is 4.97. The third-order valence-electron chi connectivity index (χ3n) is 13.8. The summed E-state index contributed by atoms with van der Waals surface area (Å²) in [5, 5.41) is 0. The molecule has 0 radical (unpaired) electrons. The highest BCUT2D eigenvalue weighted by molar-refractivity contribution is 14.1. The molecule has 4 heteroatoms. The molecule has 1 aliphatic carbocycles. The number of rotatable bonds is 10. The van der Waals surface area contributed by atoms with Gasteiger partial charge in [-0.3, -0.25) is 0 Å². The van der Waals surface area contributed by atoms with Gasteiger partial charge < -0.3 is 9.80 Å². The molecule has 10 aromatic rings. The average molecular weight is 1110 g/mol. The van der Waals surface area contributed by atoms with Crippen LogP contribution in [0.25, 0.3) is 33.4 Å². The third-order valence-corrected chi connectivity index (χ3v) is 15.1. The molecule has 334 valence electrons. The Hall–Kier alpha value is -6.74. The zero-order chi connectivity index (χ0) is 47.2. The van der Waals surface area contributed by atoms with Crippen LogP contribution in [0.2, 0.25) is 0 Å². The summed E-state index contributed by atoms with van der Waals surface area (Å²) in [5.41, 5.74) is 23.7. The van der Waals surface area contributed by atoms with Crippen LogP contribution in [0, 0.1) is 34.8 Å². The second kappa shape index (κ2) is 18.6. The fourth-order valence-electron chi connectivity index (χ4n) is 10.2. The highest BCUT2D eigenvalue weighted by atomic mass is 127. The summed E-state index contributed by atoms with van der Waals surface area (Å²) in [5.74, 6) is 0. The minimum atomic E-state index is -0.525. The number of hydrogen-bond acceptors (Lipinski definition) is 2. The molecule has 0 heterocycles. The Kier molecular flexibility index (Phi) is 12.1. The van der Waals surface area contributed by atoms with Crippen molar-refractivity contribution in [2.75, 3.05) is 9.80 Å². The van der Waals surface area contributed by atoms with Crippen molar-refractivity contribution >= 4 is 79.3 Å². The van der Waals surface area contributed by atoms with Crippen LogP contribution in [-0.4, -0.2) is 0 Å². The number of fused-ring (bicyclic) bond motifs is 3. The van der Waals surface area contributed by atoms with Crippen LogP contribution in [0.4, 0.5) is 34.1 Å². The molecule has 0 N–H and O–H groups in total. The van der Waals surface area contributed by atoms with Crippen molar-refractivity contribution in [2.45, 2.75) is 33.1 Å². The Morgan fingerprint density at radius 2 is 0.507 bits per heavy atom. The van der Waals surface area contributed by atoms with Crippen molar-refractivity contribution in [1.29, 1.82) is 0 Å². The maximum Gasteiger partial charge on any atom is 0.0714 e. The molecular formula is C65H50I2N2. The summed E-state index contributed by atoms with van der Waals surface area (Å²) in [6, 6.07) is 85.8. The minimum Gasteiger partial charge on any atom is -0.311 e. The van der Waals surface area contributed by atoms with Crippen molar-refractivity contribution < 1.29 is 0 Å². The molecule has 0 unspecified atom stereocenters. The second-order valence-electron chi connectivity index (χ2n) is 18.4. The van der Waals surface area contributed by atoms with Gasteiger partial charge in [-0.05, 0) is 226 Å².